The van der Waals surface area contributed by atoms with E-state index in [1.807, 2.05) is 0 Å². The first-order valence-electron chi connectivity index (χ1n) is 9.64. The van der Waals surface area contributed by atoms with Crippen molar-refractivity contribution >= 4 is 28.9 Å². The summed E-state index contributed by atoms with van der Waals surface area (Å²) in [6.07, 6.45) is -11.3. The zero-order chi connectivity index (χ0) is 24.8. The topological polar surface area (TPSA) is 29.5 Å². The molecular formula is C23H13ClF7NO2. The summed E-state index contributed by atoms with van der Waals surface area (Å²) in [4.78, 5) is 13.6. The Hall–Kier alpha value is -3.27. The van der Waals surface area contributed by atoms with Crippen molar-refractivity contribution in [3.63, 3.8) is 0 Å². The smallest absolute Gasteiger partial charge is 0.422 e. The van der Waals surface area contributed by atoms with Crippen molar-refractivity contribution in [2.75, 3.05) is 11.5 Å². The number of hydrogen-bond acceptors (Lipinski definition) is 2. The highest BCUT2D eigenvalue weighted by Crippen LogP contribution is 2.47. The largest absolute Gasteiger partial charge is 0.482 e. The standard InChI is InChI=1S/C23H13ClF7NO2/c24-15-6-8-19(34-11-22(26,27)28)18(10-15)32-17-9-13(3-7-16(17)20(25)21(32)33)12-1-4-14(5-2-12)23(29,30)31/h1-10,20H,11H2. The highest BCUT2D eigenvalue weighted by atomic mass is 35.5. The normalized spacial score (nSPS) is 16.1. The lowest BCUT2D eigenvalue weighted by Gasteiger charge is -2.22. The highest BCUT2D eigenvalue weighted by Gasteiger charge is 2.40. The highest BCUT2D eigenvalue weighted by molar-refractivity contribution is 6.31. The van der Waals surface area contributed by atoms with E-state index in [2.05, 4.69) is 0 Å². The Morgan fingerprint density at radius 2 is 1.50 bits per heavy atom. The van der Waals surface area contributed by atoms with Crippen LogP contribution in [0.1, 0.15) is 17.3 Å². The summed E-state index contributed by atoms with van der Waals surface area (Å²) in [7, 11) is 0. The van der Waals surface area contributed by atoms with E-state index in [1.165, 1.54) is 36.4 Å². The number of ether oxygens (including phenoxy) is 1. The fourth-order valence-electron chi connectivity index (χ4n) is 3.54. The van der Waals surface area contributed by atoms with E-state index in [1.54, 1.807) is 0 Å². The molecule has 4 rings (SSSR count). The molecule has 1 heterocycles. The van der Waals surface area contributed by atoms with Crippen LogP contribution in [0.3, 0.4) is 0 Å². The Balaban J connectivity index is 1.77. The molecular weight excluding hydrogens is 491 g/mol. The van der Waals surface area contributed by atoms with Gasteiger partial charge in [0.15, 0.2) is 6.61 Å². The lowest BCUT2D eigenvalue weighted by Crippen LogP contribution is -2.24. The summed E-state index contributed by atoms with van der Waals surface area (Å²) >= 11 is 5.97. The van der Waals surface area contributed by atoms with Crippen LogP contribution in [0.5, 0.6) is 5.75 Å². The molecule has 0 radical (unpaired) electrons. The predicted octanol–water partition coefficient (Wildman–Crippen LogP) is 7.66. The molecule has 0 fully saturated rings. The van der Waals surface area contributed by atoms with E-state index in [4.69, 9.17) is 16.3 Å². The Morgan fingerprint density at radius 1 is 0.853 bits per heavy atom. The van der Waals surface area contributed by atoms with E-state index in [-0.39, 0.29) is 27.7 Å². The monoisotopic (exact) mass is 503 g/mol. The zero-order valence-corrected chi connectivity index (χ0v) is 17.6. The summed E-state index contributed by atoms with van der Waals surface area (Å²) in [6.45, 7) is -1.65. The molecule has 0 N–H and O–H groups in total. The van der Waals surface area contributed by atoms with E-state index in [0.717, 1.165) is 29.2 Å². The van der Waals surface area contributed by atoms with E-state index in [0.29, 0.717) is 11.1 Å². The van der Waals surface area contributed by atoms with Crippen LogP contribution in [0.25, 0.3) is 11.1 Å². The van der Waals surface area contributed by atoms with Crippen molar-refractivity contribution < 1.29 is 40.3 Å². The molecule has 0 aliphatic carbocycles. The maximum atomic E-state index is 14.8. The Labute approximate surface area is 193 Å². The van der Waals surface area contributed by atoms with Gasteiger partial charge >= 0.3 is 12.4 Å². The number of nitrogens with zero attached hydrogens (tertiary/aromatic N) is 1. The van der Waals surface area contributed by atoms with Crippen LogP contribution in [0, 0.1) is 0 Å². The number of carbonyl (C=O) groups is 1. The first kappa shape index (κ1) is 23.9. The van der Waals surface area contributed by atoms with Gasteiger partial charge in [-0.2, -0.15) is 26.3 Å². The van der Waals surface area contributed by atoms with Crippen molar-refractivity contribution in [1.82, 2.24) is 0 Å². The molecule has 0 spiro atoms. The quantitative estimate of drug-likeness (QED) is 0.342. The van der Waals surface area contributed by atoms with Gasteiger partial charge in [-0.3, -0.25) is 9.69 Å². The molecule has 178 valence electrons. The van der Waals surface area contributed by atoms with E-state index in [9.17, 15) is 35.5 Å². The fraction of sp³-hybridized carbons (Fsp3) is 0.174. The minimum Gasteiger partial charge on any atom is -0.482 e. The third kappa shape index (κ3) is 4.68. The number of hydrogen-bond donors (Lipinski definition) is 0. The minimum absolute atomic E-state index is 0.00835. The number of amides is 1. The third-order valence-electron chi connectivity index (χ3n) is 5.08. The van der Waals surface area contributed by atoms with Gasteiger partial charge in [0.25, 0.3) is 5.91 Å². The second-order valence-electron chi connectivity index (χ2n) is 7.40. The molecule has 1 aliphatic rings. The predicted molar refractivity (Wildman–Crippen MR) is 111 cm³/mol. The SMILES string of the molecule is O=C1C(F)c2ccc(-c3ccc(C(F)(F)F)cc3)cc2N1c1cc(Cl)ccc1OCC(F)(F)F. The number of benzene rings is 3. The van der Waals surface area contributed by atoms with Crippen molar-refractivity contribution in [3.8, 4) is 16.9 Å². The molecule has 0 aromatic heterocycles. The maximum Gasteiger partial charge on any atom is 0.422 e. The van der Waals surface area contributed by atoms with Gasteiger partial charge in [0.2, 0.25) is 6.17 Å². The van der Waals surface area contributed by atoms with Crippen molar-refractivity contribution in [3.05, 3.63) is 76.8 Å². The van der Waals surface area contributed by atoms with Crippen LogP contribution >= 0.6 is 11.6 Å². The first-order chi connectivity index (χ1) is 15.8. The van der Waals surface area contributed by atoms with Gasteiger partial charge in [-0.1, -0.05) is 35.9 Å². The Kier molecular flexibility index (Phi) is 5.97. The summed E-state index contributed by atoms with van der Waals surface area (Å²) < 4.78 is 96.3. The second-order valence-corrected chi connectivity index (χ2v) is 7.84. The average Bonchev–Trinajstić information content (AvgIpc) is 3.01. The molecule has 1 atom stereocenters. The molecule has 1 aliphatic heterocycles. The van der Waals surface area contributed by atoms with Gasteiger partial charge in [-0.25, -0.2) is 4.39 Å². The number of carbonyl (C=O) groups excluding carboxylic acids is 1. The third-order valence-corrected chi connectivity index (χ3v) is 5.32. The molecule has 0 saturated heterocycles. The number of alkyl halides is 7. The van der Waals surface area contributed by atoms with Gasteiger partial charge in [-0.05, 0) is 47.5 Å². The zero-order valence-electron chi connectivity index (χ0n) is 16.8. The van der Waals surface area contributed by atoms with Gasteiger partial charge in [0.05, 0.1) is 16.9 Å². The van der Waals surface area contributed by atoms with E-state index >= 15 is 0 Å². The van der Waals surface area contributed by atoms with Crippen LogP contribution in [0.2, 0.25) is 5.02 Å². The molecule has 0 saturated carbocycles. The van der Waals surface area contributed by atoms with E-state index < -0.39 is 36.6 Å². The van der Waals surface area contributed by atoms with Gasteiger partial charge in [0.1, 0.15) is 5.75 Å². The molecule has 11 heteroatoms. The number of fused-ring (bicyclic) bond motifs is 1. The molecule has 1 amide bonds. The second kappa shape index (κ2) is 8.50. The van der Waals surface area contributed by atoms with Crippen molar-refractivity contribution in [2.24, 2.45) is 0 Å². The summed E-state index contributed by atoms with van der Waals surface area (Å²) in [5.41, 5.74) is -0.392. The summed E-state index contributed by atoms with van der Waals surface area (Å²) in [6, 6.07) is 11.8. The molecule has 0 bridgehead atoms. The Morgan fingerprint density at radius 3 is 2.12 bits per heavy atom. The fourth-order valence-corrected chi connectivity index (χ4v) is 3.71. The Bertz CT molecular complexity index is 1240. The van der Waals surface area contributed by atoms with Crippen LogP contribution in [-0.2, 0) is 11.0 Å². The number of halogens is 8. The lowest BCUT2D eigenvalue weighted by molar-refractivity contribution is -0.153. The number of rotatable bonds is 4. The molecule has 1 unspecified atom stereocenters. The summed E-state index contributed by atoms with van der Waals surface area (Å²) in [5.74, 6) is -1.42. The average molecular weight is 504 g/mol. The van der Waals surface area contributed by atoms with Crippen molar-refractivity contribution in [1.29, 1.82) is 0 Å². The number of anilines is 2. The van der Waals surface area contributed by atoms with Crippen LogP contribution < -0.4 is 9.64 Å². The van der Waals surface area contributed by atoms with Crippen LogP contribution in [0.4, 0.5) is 42.1 Å². The van der Waals surface area contributed by atoms with Gasteiger partial charge < -0.3 is 4.74 Å². The molecule has 34 heavy (non-hydrogen) atoms. The maximum absolute atomic E-state index is 14.8. The van der Waals surface area contributed by atoms with Crippen LogP contribution in [-0.4, -0.2) is 18.7 Å². The van der Waals surface area contributed by atoms with Gasteiger partial charge in [0, 0.05) is 10.6 Å². The van der Waals surface area contributed by atoms with Crippen molar-refractivity contribution in [2.45, 2.75) is 18.5 Å². The lowest BCUT2D eigenvalue weighted by atomic mass is 10.0. The van der Waals surface area contributed by atoms with Gasteiger partial charge in [-0.15, -0.1) is 0 Å². The molecule has 3 aromatic carbocycles. The first-order valence-corrected chi connectivity index (χ1v) is 10.0. The molecule has 3 aromatic rings. The molecule has 3 nitrogen and oxygen atoms in total. The minimum atomic E-state index is -4.66. The van der Waals surface area contributed by atoms with Crippen LogP contribution in [0.15, 0.2) is 60.7 Å². The summed E-state index contributed by atoms with van der Waals surface area (Å²) in [5, 5.41) is 0.0601.